The molecule has 0 saturated heterocycles. The Labute approximate surface area is 79.8 Å². The number of hydrogen-bond donors (Lipinski definition) is 1. The summed E-state index contributed by atoms with van der Waals surface area (Å²) in [7, 11) is 0. The largest absolute Gasteiger partial charge is 0.466 e. The molecule has 0 aromatic rings. The molecule has 0 atom stereocenters. The van der Waals surface area contributed by atoms with E-state index < -0.39 is 0 Å². The quantitative estimate of drug-likeness (QED) is 0.659. The van der Waals surface area contributed by atoms with Gasteiger partial charge in [0.2, 0.25) is 0 Å². The molecule has 1 N–H and O–H groups in total. The monoisotopic (exact) mass is 185 g/mol. The van der Waals surface area contributed by atoms with Gasteiger partial charge < -0.3 is 10.1 Å². The van der Waals surface area contributed by atoms with Crippen LogP contribution in [-0.2, 0) is 9.53 Å². The van der Waals surface area contributed by atoms with E-state index in [0.29, 0.717) is 19.1 Å². The van der Waals surface area contributed by atoms with Crippen LogP contribution >= 0.6 is 0 Å². The van der Waals surface area contributed by atoms with E-state index in [2.05, 4.69) is 19.2 Å². The summed E-state index contributed by atoms with van der Waals surface area (Å²) in [4.78, 5) is 11.2. The van der Waals surface area contributed by atoms with Crippen LogP contribution in [0.3, 0.4) is 0 Å². The van der Waals surface area contributed by atoms with Crippen molar-refractivity contribution in [2.24, 2.45) is 0 Å². The van der Waals surface area contributed by atoms with E-state index in [9.17, 15) is 4.79 Å². The van der Waals surface area contributed by atoms with Crippen LogP contribution in [0, 0.1) is 0 Å². The summed E-state index contributed by atoms with van der Waals surface area (Å²) in [6.07, 6.45) is 2.73. The number of carbonyl (C=O) groups excluding carboxylic acids is 1. The topological polar surface area (TPSA) is 38.3 Å². The predicted molar refractivity (Wildman–Crippen MR) is 51.5 cm³/mol. The molecule has 3 heteroatoms. The number of carbonyl (C=O) groups is 1. The first-order valence-electron chi connectivity index (χ1n) is 5.01. The van der Waals surface area contributed by atoms with Gasteiger partial charge in [-0.3, -0.25) is 4.79 Å². The van der Waals surface area contributed by atoms with E-state index in [4.69, 9.17) is 4.74 Å². The molecule has 0 aliphatic heterocycles. The summed E-state index contributed by atoms with van der Waals surface area (Å²) in [6.45, 7) is 6.53. The van der Waals surface area contributed by atoms with Gasteiger partial charge in [-0.1, -0.05) is 13.8 Å². The Balaban J connectivity index is 2.30. The second-order valence-electron chi connectivity index (χ2n) is 4.06. The van der Waals surface area contributed by atoms with Gasteiger partial charge in [0, 0.05) is 11.6 Å². The summed E-state index contributed by atoms with van der Waals surface area (Å²) in [5.41, 5.74) is 0.0699. The van der Waals surface area contributed by atoms with Gasteiger partial charge in [-0.05, 0) is 19.8 Å². The van der Waals surface area contributed by atoms with Gasteiger partial charge in [-0.15, -0.1) is 0 Å². The third-order valence-electron chi connectivity index (χ3n) is 2.24. The van der Waals surface area contributed by atoms with E-state index in [1.165, 1.54) is 0 Å². The Morgan fingerprint density at radius 1 is 1.54 bits per heavy atom. The molecule has 76 valence electrons. The first-order valence-corrected chi connectivity index (χ1v) is 5.01. The maximum absolute atomic E-state index is 11.2. The number of ether oxygens (including phenoxy) is 1. The van der Waals surface area contributed by atoms with Crippen LogP contribution in [0.2, 0.25) is 0 Å². The maximum Gasteiger partial charge on any atom is 0.307 e. The molecular weight excluding hydrogens is 166 g/mol. The average molecular weight is 185 g/mol. The summed E-state index contributed by atoms with van der Waals surface area (Å²) in [5, 5.41) is 3.42. The van der Waals surface area contributed by atoms with Crippen molar-refractivity contribution >= 4 is 5.97 Å². The molecule has 1 aliphatic carbocycles. The summed E-state index contributed by atoms with van der Waals surface area (Å²) in [6, 6.07) is 0.442. The third kappa shape index (κ3) is 3.35. The van der Waals surface area contributed by atoms with Crippen molar-refractivity contribution in [1.82, 2.24) is 5.32 Å². The third-order valence-corrected chi connectivity index (χ3v) is 2.24. The van der Waals surface area contributed by atoms with Crippen molar-refractivity contribution in [2.45, 2.75) is 51.6 Å². The maximum atomic E-state index is 11.2. The molecule has 0 aromatic carbocycles. The average Bonchev–Trinajstić information content (AvgIpc) is 2.67. The minimum absolute atomic E-state index is 0.0699. The summed E-state index contributed by atoms with van der Waals surface area (Å²) >= 11 is 0. The Hall–Kier alpha value is -0.570. The highest BCUT2D eigenvalue weighted by Gasteiger charge is 2.44. The fourth-order valence-corrected chi connectivity index (χ4v) is 1.62. The van der Waals surface area contributed by atoms with Crippen molar-refractivity contribution in [1.29, 1.82) is 0 Å². The lowest BCUT2D eigenvalue weighted by Gasteiger charge is -2.19. The van der Waals surface area contributed by atoms with E-state index in [0.717, 1.165) is 12.8 Å². The van der Waals surface area contributed by atoms with Crippen LogP contribution in [0.5, 0.6) is 0 Å². The Bertz CT molecular complexity index is 185. The molecule has 0 amide bonds. The lowest BCUT2D eigenvalue weighted by Crippen LogP contribution is -2.38. The van der Waals surface area contributed by atoms with Crippen molar-refractivity contribution < 1.29 is 9.53 Å². The van der Waals surface area contributed by atoms with Crippen molar-refractivity contribution in [2.75, 3.05) is 6.61 Å². The van der Waals surface area contributed by atoms with Gasteiger partial charge in [0.05, 0.1) is 13.0 Å². The molecule has 0 radical (unpaired) electrons. The van der Waals surface area contributed by atoms with Gasteiger partial charge in [0.15, 0.2) is 0 Å². The Kier molecular flexibility index (Phi) is 3.31. The molecule has 1 rings (SSSR count). The summed E-state index contributed by atoms with van der Waals surface area (Å²) in [5.74, 6) is -0.0758. The molecule has 0 spiro atoms. The van der Waals surface area contributed by atoms with Crippen LogP contribution in [0.4, 0.5) is 0 Å². The lowest BCUT2D eigenvalue weighted by atomic mass is 10.1. The van der Waals surface area contributed by atoms with Crippen LogP contribution in [0.25, 0.3) is 0 Å². The van der Waals surface area contributed by atoms with Gasteiger partial charge in [-0.25, -0.2) is 0 Å². The van der Waals surface area contributed by atoms with Crippen molar-refractivity contribution in [3.63, 3.8) is 0 Å². The van der Waals surface area contributed by atoms with Gasteiger partial charge in [0.25, 0.3) is 0 Å². The van der Waals surface area contributed by atoms with Crippen LogP contribution in [-0.4, -0.2) is 24.2 Å². The fraction of sp³-hybridized carbons (Fsp3) is 0.900. The minimum Gasteiger partial charge on any atom is -0.466 e. The Morgan fingerprint density at radius 3 is 2.54 bits per heavy atom. The van der Waals surface area contributed by atoms with Crippen LogP contribution in [0.15, 0.2) is 0 Å². The molecule has 1 aliphatic rings. The first-order chi connectivity index (χ1) is 6.08. The highest BCUT2D eigenvalue weighted by Crippen LogP contribution is 2.39. The molecule has 0 aromatic heterocycles. The number of esters is 1. The molecule has 0 unspecified atom stereocenters. The lowest BCUT2D eigenvalue weighted by molar-refractivity contribution is -0.144. The zero-order valence-corrected chi connectivity index (χ0v) is 8.72. The number of hydrogen-bond acceptors (Lipinski definition) is 3. The van der Waals surface area contributed by atoms with Gasteiger partial charge in [-0.2, -0.15) is 0 Å². The van der Waals surface area contributed by atoms with Crippen LogP contribution in [0.1, 0.15) is 40.0 Å². The van der Waals surface area contributed by atoms with E-state index >= 15 is 0 Å². The number of nitrogens with one attached hydrogen (secondary N) is 1. The van der Waals surface area contributed by atoms with Gasteiger partial charge in [0.1, 0.15) is 0 Å². The Morgan fingerprint density at radius 2 is 2.15 bits per heavy atom. The molecule has 0 bridgehead atoms. The smallest absolute Gasteiger partial charge is 0.307 e. The van der Waals surface area contributed by atoms with E-state index in [1.54, 1.807) is 0 Å². The second kappa shape index (κ2) is 4.09. The highest BCUT2D eigenvalue weighted by atomic mass is 16.5. The highest BCUT2D eigenvalue weighted by molar-refractivity contribution is 5.71. The van der Waals surface area contributed by atoms with Crippen LogP contribution < -0.4 is 5.32 Å². The molecule has 13 heavy (non-hydrogen) atoms. The normalized spacial score (nSPS) is 18.8. The zero-order chi connectivity index (χ0) is 9.90. The molecule has 1 saturated carbocycles. The molecular formula is C10H19NO2. The SMILES string of the molecule is CCOC(=O)CC1(NC(C)C)CC1. The summed E-state index contributed by atoms with van der Waals surface area (Å²) < 4.78 is 4.92. The second-order valence-corrected chi connectivity index (χ2v) is 4.06. The van der Waals surface area contributed by atoms with E-state index in [1.807, 2.05) is 6.92 Å². The minimum atomic E-state index is -0.0758. The number of rotatable bonds is 5. The standard InChI is InChI=1S/C10H19NO2/c1-4-13-9(12)7-10(5-6-10)11-8(2)3/h8,11H,4-7H2,1-3H3. The zero-order valence-electron chi connectivity index (χ0n) is 8.72. The van der Waals surface area contributed by atoms with Crippen molar-refractivity contribution in [3.8, 4) is 0 Å². The van der Waals surface area contributed by atoms with Gasteiger partial charge >= 0.3 is 5.97 Å². The first kappa shape index (κ1) is 10.5. The molecule has 3 nitrogen and oxygen atoms in total. The molecule has 0 heterocycles. The predicted octanol–water partition coefficient (Wildman–Crippen LogP) is 1.47. The molecule has 1 fully saturated rings. The fourth-order valence-electron chi connectivity index (χ4n) is 1.62. The van der Waals surface area contributed by atoms with E-state index in [-0.39, 0.29) is 11.5 Å². The van der Waals surface area contributed by atoms with Crippen molar-refractivity contribution in [3.05, 3.63) is 0 Å².